The van der Waals surface area contributed by atoms with E-state index in [1.165, 1.54) is 6.26 Å². The zero-order chi connectivity index (χ0) is 16.6. The van der Waals surface area contributed by atoms with E-state index in [0.717, 1.165) is 0 Å². The van der Waals surface area contributed by atoms with Crippen LogP contribution in [0, 0.1) is 4.77 Å². The molecule has 8 nitrogen and oxygen atoms in total. The number of H-pyrrole nitrogens is 2. The fourth-order valence-corrected chi connectivity index (χ4v) is 2.62. The molecule has 120 valence electrons. The van der Waals surface area contributed by atoms with E-state index < -0.39 is 17.4 Å². The van der Waals surface area contributed by atoms with Gasteiger partial charge in [-0.1, -0.05) is 0 Å². The van der Waals surface area contributed by atoms with Gasteiger partial charge in [0.25, 0.3) is 5.56 Å². The second-order valence-corrected chi connectivity index (χ2v) is 5.11. The van der Waals surface area contributed by atoms with Crippen LogP contribution < -0.4 is 16.0 Å². The van der Waals surface area contributed by atoms with Crippen LogP contribution in [0.1, 0.15) is 24.2 Å². The van der Waals surface area contributed by atoms with Crippen LogP contribution in [-0.2, 0) is 9.53 Å². The van der Waals surface area contributed by atoms with Gasteiger partial charge in [0.15, 0.2) is 4.77 Å². The molecular formula is C14H13N3O5S. The molecule has 23 heavy (non-hydrogen) atoms. The number of hydrogen-bond donors (Lipinski definition) is 3. The first-order chi connectivity index (χ1) is 11.0. The van der Waals surface area contributed by atoms with E-state index in [9.17, 15) is 9.59 Å². The summed E-state index contributed by atoms with van der Waals surface area (Å²) in [4.78, 5) is 29.8. The Kier molecular flexibility index (Phi) is 3.78. The summed E-state index contributed by atoms with van der Waals surface area (Å²) in [7, 11) is 0. The fraction of sp³-hybridized carbons (Fsp3) is 0.214. The molecule has 0 aliphatic carbocycles. The summed E-state index contributed by atoms with van der Waals surface area (Å²) in [5, 5.41) is 0. The van der Waals surface area contributed by atoms with Gasteiger partial charge in [0.05, 0.1) is 24.4 Å². The van der Waals surface area contributed by atoms with Crippen molar-refractivity contribution in [3.8, 4) is 5.88 Å². The molecule has 2 aromatic heterocycles. The van der Waals surface area contributed by atoms with Crippen molar-refractivity contribution in [2.24, 2.45) is 5.73 Å². The number of furan rings is 1. The van der Waals surface area contributed by atoms with Crippen LogP contribution in [0.15, 0.2) is 39.1 Å². The number of fused-ring (bicyclic) bond motifs is 1. The highest BCUT2D eigenvalue weighted by atomic mass is 32.1. The molecule has 1 aliphatic rings. The van der Waals surface area contributed by atoms with E-state index in [1.807, 2.05) is 0 Å². The minimum absolute atomic E-state index is 0.00492. The summed E-state index contributed by atoms with van der Waals surface area (Å²) >= 11 is 4.92. The van der Waals surface area contributed by atoms with Crippen LogP contribution in [0.25, 0.3) is 0 Å². The molecule has 3 heterocycles. The normalized spacial score (nSPS) is 16.7. The van der Waals surface area contributed by atoms with Gasteiger partial charge in [-0.05, 0) is 31.3 Å². The quantitative estimate of drug-likeness (QED) is 0.570. The Labute approximate surface area is 134 Å². The van der Waals surface area contributed by atoms with Gasteiger partial charge in [-0.25, -0.2) is 4.79 Å². The lowest BCUT2D eigenvalue weighted by Crippen LogP contribution is -2.32. The van der Waals surface area contributed by atoms with Gasteiger partial charge in [0, 0.05) is 0 Å². The lowest BCUT2D eigenvalue weighted by molar-refractivity contribution is -0.139. The average Bonchev–Trinajstić information content (AvgIpc) is 2.99. The molecule has 1 aliphatic heterocycles. The molecular weight excluding hydrogens is 322 g/mol. The summed E-state index contributed by atoms with van der Waals surface area (Å²) < 4.78 is 15.9. The molecule has 0 radical (unpaired) electrons. The molecule has 1 atom stereocenters. The van der Waals surface area contributed by atoms with Gasteiger partial charge in [0.2, 0.25) is 11.8 Å². The van der Waals surface area contributed by atoms with E-state index in [1.54, 1.807) is 19.1 Å². The van der Waals surface area contributed by atoms with Crippen molar-refractivity contribution in [2.75, 3.05) is 6.61 Å². The molecule has 9 heteroatoms. The van der Waals surface area contributed by atoms with Crippen molar-refractivity contribution < 1.29 is 18.7 Å². The Bertz CT molecular complexity index is 894. The number of nitrogens with one attached hydrogen (secondary N) is 2. The Morgan fingerprint density at radius 1 is 1.48 bits per heavy atom. The van der Waals surface area contributed by atoms with Crippen molar-refractivity contribution in [2.45, 2.75) is 12.8 Å². The van der Waals surface area contributed by atoms with Crippen molar-refractivity contribution in [3.05, 3.63) is 56.3 Å². The van der Waals surface area contributed by atoms with Crippen LogP contribution in [0.5, 0.6) is 5.88 Å². The molecule has 4 N–H and O–H groups in total. The molecule has 0 unspecified atom stereocenters. The smallest absolute Gasteiger partial charge is 0.340 e. The summed E-state index contributed by atoms with van der Waals surface area (Å²) in [5.41, 5.74) is 5.52. The molecule has 0 saturated carbocycles. The maximum absolute atomic E-state index is 12.3. The van der Waals surface area contributed by atoms with E-state index in [-0.39, 0.29) is 34.3 Å². The van der Waals surface area contributed by atoms with Crippen LogP contribution >= 0.6 is 12.2 Å². The predicted molar refractivity (Wildman–Crippen MR) is 81.3 cm³/mol. The number of aromatic nitrogens is 2. The molecule has 0 amide bonds. The fourth-order valence-electron chi connectivity index (χ4n) is 2.44. The predicted octanol–water partition coefficient (Wildman–Crippen LogP) is 1.28. The van der Waals surface area contributed by atoms with Crippen LogP contribution in [0.4, 0.5) is 0 Å². The minimum atomic E-state index is -0.858. The molecule has 0 saturated heterocycles. The number of ether oxygens (including phenoxy) is 2. The minimum Gasteiger partial charge on any atom is -0.468 e. The largest absolute Gasteiger partial charge is 0.468 e. The summed E-state index contributed by atoms with van der Waals surface area (Å²) in [6.07, 6.45) is 1.43. The van der Waals surface area contributed by atoms with E-state index in [2.05, 4.69) is 9.97 Å². The number of aromatic amines is 2. The second-order valence-electron chi connectivity index (χ2n) is 4.70. The highest BCUT2D eigenvalue weighted by Crippen LogP contribution is 2.39. The molecule has 0 aromatic carbocycles. The van der Waals surface area contributed by atoms with Gasteiger partial charge < -0.3 is 24.6 Å². The van der Waals surface area contributed by atoms with E-state index >= 15 is 0 Å². The molecule has 0 bridgehead atoms. The topological polar surface area (TPSA) is 123 Å². The van der Waals surface area contributed by atoms with Gasteiger partial charge in [-0.2, -0.15) is 0 Å². The Hall–Kier alpha value is -2.81. The second kappa shape index (κ2) is 5.76. The molecule has 0 fully saturated rings. The van der Waals surface area contributed by atoms with Gasteiger partial charge in [-0.15, -0.1) is 0 Å². The van der Waals surface area contributed by atoms with Crippen molar-refractivity contribution >= 4 is 18.2 Å². The summed E-state index contributed by atoms with van der Waals surface area (Å²) in [6, 6.07) is 3.27. The van der Waals surface area contributed by atoms with Crippen LogP contribution in [-0.4, -0.2) is 22.5 Å². The zero-order valence-electron chi connectivity index (χ0n) is 12.0. The lowest BCUT2D eigenvalue weighted by Gasteiger charge is -2.25. The highest BCUT2D eigenvalue weighted by molar-refractivity contribution is 7.71. The van der Waals surface area contributed by atoms with Crippen LogP contribution in [0.2, 0.25) is 0 Å². The first-order valence-corrected chi connectivity index (χ1v) is 7.18. The molecule has 3 rings (SSSR count). The molecule has 2 aromatic rings. The summed E-state index contributed by atoms with van der Waals surface area (Å²) in [5.74, 6) is -1.28. The SMILES string of the molecule is CCOC(=O)C1=C(N)Oc2[nH]c(=S)[nH]c(=O)c2[C@@H]1c1ccco1. The third-order valence-corrected chi connectivity index (χ3v) is 3.53. The average molecular weight is 335 g/mol. The van der Waals surface area contributed by atoms with Crippen molar-refractivity contribution in [1.82, 2.24) is 9.97 Å². The maximum atomic E-state index is 12.3. The summed E-state index contributed by atoms with van der Waals surface area (Å²) in [6.45, 7) is 1.82. The van der Waals surface area contributed by atoms with Gasteiger partial charge in [-0.3, -0.25) is 9.78 Å². The molecule has 0 spiro atoms. The van der Waals surface area contributed by atoms with Crippen LogP contribution in [0.3, 0.4) is 0 Å². The van der Waals surface area contributed by atoms with E-state index in [0.29, 0.717) is 5.76 Å². The van der Waals surface area contributed by atoms with Crippen molar-refractivity contribution in [1.29, 1.82) is 0 Å². The number of hydrogen-bond acceptors (Lipinski definition) is 7. The lowest BCUT2D eigenvalue weighted by atomic mass is 9.88. The Morgan fingerprint density at radius 3 is 2.91 bits per heavy atom. The number of carbonyl (C=O) groups excluding carboxylic acids is 1. The van der Waals surface area contributed by atoms with Gasteiger partial charge >= 0.3 is 5.97 Å². The third-order valence-electron chi connectivity index (χ3n) is 3.32. The van der Waals surface area contributed by atoms with E-state index in [4.69, 9.17) is 31.8 Å². The number of carbonyl (C=O) groups is 1. The zero-order valence-corrected chi connectivity index (χ0v) is 12.9. The number of nitrogens with two attached hydrogens (primary N) is 1. The highest BCUT2D eigenvalue weighted by Gasteiger charge is 2.39. The Morgan fingerprint density at radius 2 is 2.26 bits per heavy atom. The number of esters is 1. The monoisotopic (exact) mass is 335 g/mol. The van der Waals surface area contributed by atoms with Crippen molar-refractivity contribution in [3.63, 3.8) is 0 Å². The Balaban J connectivity index is 2.26. The standard InChI is InChI=1S/C14H13N3O5S/c1-2-20-13(19)8-7(6-4-3-5-21-6)9-11(18)16-14(23)17-12(9)22-10(8)15/h3-5,7H,2,15H2,1H3,(H2,16,17,18,23)/t7-/m1/s1. The van der Waals surface area contributed by atoms with Gasteiger partial charge in [0.1, 0.15) is 11.3 Å². The first kappa shape index (κ1) is 15.1. The third kappa shape index (κ3) is 2.55. The first-order valence-electron chi connectivity index (χ1n) is 6.77. The number of rotatable bonds is 3. The maximum Gasteiger partial charge on any atom is 0.340 e.